The topological polar surface area (TPSA) is 82.6 Å². The molecule has 25 heavy (non-hydrogen) atoms. The van der Waals surface area contributed by atoms with E-state index >= 15 is 0 Å². The number of carbonyl (C=O) groups is 1. The van der Waals surface area contributed by atoms with E-state index in [0.717, 1.165) is 24.4 Å². The number of thiazole rings is 1. The van der Waals surface area contributed by atoms with Crippen LogP contribution in [0.3, 0.4) is 0 Å². The minimum Gasteiger partial charge on any atom is -0.755 e. The van der Waals surface area contributed by atoms with Crippen molar-refractivity contribution < 1.29 is 31.5 Å². The highest BCUT2D eigenvalue weighted by atomic mass is 32.2. The Bertz CT molecular complexity index is 779. The fourth-order valence-corrected chi connectivity index (χ4v) is 3.39. The van der Waals surface area contributed by atoms with Gasteiger partial charge in [0.05, 0.1) is 28.7 Å². The van der Waals surface area contributed by atoms with Crippen LogP contribution in [0, 0.1) is 0 Å². The number of rotatable bonds is 6. The van der Waals surface area contributed by atoms with Crippen LogP contribution in [0.15, 0.2) is 30.5 Å². The minimum atomic E-state index is -4.75. The summed E-state index contributed by atoms with van der Waals surface area (Å²) in [6.07, 6.45) is -2.95. The van der Waals surface area contributed by atoms with Crippen molar-refractivity contribution in [2.75, 3.05) is 4.31 Å². The summed E-state index contributed by atoms with van der Waals surface area (Å²) in [7, 11) is 0. The molecule has 0 spiro atoms. The number of alkyl halides is 3. The number of hydrogen-bond acceptors (Lipinski definition) is 6. The smallest absolute Gasteiger partial charge is 0.418 e. The van der Waals surface area contributed by atoms with Gasteiger partial charge in [0.2, 0.25) is 10.2 Å². The number of ether oxygens (including phenoxy) is 1. The van der Waals surface area contributed by atoms with Crippen molar-refractivity contribution in [3.8, 4) is 5.06 Å². The van der Waals surface area contributed by atoms with Crippen LogP contribution in [0.5, 0.6) is 5.06 Å². The first-order valence-electron chi connectivity index (χ1n) is 6.96. The Balaban J connectivity index is 2.40. The first-order chi connectivity index (χ1) is 11.7. The predicted molar refractivity (Wildman–Crippen MR) is 85.2 cm³/mol. The lowest BCUT2D eigenvalue weighted by molar-refractivity contribution is -0.137. The molecule has 2 rings (SSSR count). The van der Waals surface area contributed by atoms with E-state index in [0.29, 0.717) is 22.1 Å². The van der Waals surface area contributed by atoms with Gasteiger partial charge in [-0.25, -0.2) is 9.29 Å². The summed E-state index contributed by atoms with van der Waals surface area (Å²) in [5, 5.41) is -0.280. The average Bonchev–Trinajstić information content (AvgIpc) is 2.94. The Labute approximate surface area is 147 Å². The standard InChI is InChI=1S/C14H13F3N2O4S2/c1-2-5-11(20)23-12-8-18-13(24-12)19(25(21)22)10-7-4-3-6-9(10)14(15,16)17/h3-4,6-8H,2,5H2,1H3,(H,21,22)/p-1. The van der Waals surface area contributed by atoms with Crippen LogP contribution in [0.25, 0.3) is 0 Å². The van der Waals surface area contributed by atoms with Crippen LogP contribution in [0.4, 0.5) is 24.0 Å². The number of aromatic nitrogens is 1. The Morgan fingerprint density at radius 2 is 2.08 bits per heavy atom. The van der Waals surface area contributed by atoms with E-state index in [1.54, 1.807) is 6.92 Å². The molecular weight excluding hydrogens is 381 g/mol. The zero-order chi connectivity index (χ0) is 18.6. The molecule has 136 valence electrons. The van der Waals surface area contributed by atoms with E-state index in [9.17, 15) is 26.7 Å². The molecule has 0 aliphatic rings. The second-order valence-electron chi connectivity index (χ2n) is 4.71. The van der Waals surface area contributed by atoms with Gasteiger partial charge in [-0.1, -0.05) is 30.4 Å². The highest BCUT2D eigenvalue weighted by Crippen LogP contribution is 2.41. The molecule has 0 amide bonds. The molecule has 0 saturated carbocycles. The summed E-state index contributed by atoms with van der Waals surface area (Å²) in [4.78, 5) is 15.2. The van der Waals surface area contributed by atoms with Crippen LogP contribution in [0.2, 0.25) is 0 Å². The molecule has 0 saturated heterocycles. The summed E-state index contributed by atoms with van der Waals surface area (Å²) in [5.41, 5.74) is -1.72. The normalized spacial score (nSPS) is 12.7. The van der Waals surface area contributed by atoms with Crippen LogP contribution in [-0.2, 0) is 22.2 Å². The van der Waals surface area contributed by atoms with Crippen molar-refractivity contribution in [1.82, 2.24) is 4.98 Å². The Morgan fingerprint density at radius 1 is 1.40 bits per heavy atom. The fourth-order valence-electron chi connectivity index (χ4n) is 1.90. The lowest BCUT2D eigenvalue weighted by Crippen LogP contribution is -2.22. The minimum absolute atomic E-state index is 0.00612. The van der Waals surface area contributed by atoms with Gasteiger partial charge in [0.1, 0.15) is 0 Å². The second kappa shape index (κ2) is 7.93. The van der Waals surface area contributed by atoms with Gasteiger partial charge >= 0.3 is 12.1 Å². The number of nitrogens with zero attached hydrogens (tertiary/aromatic N) is 2. The lowest BCUT2D eigenvalue weighted by atomic mass is 10.2. The van der Waals surface area contributed by atoms with Gasteiger partial charge in [-0.15, -0.1) is 0 Å². The van der Waals surface area contributed by atoms with Gasteiger partial charge in [-0.3, -0.25) is 9.00 Å². The zero-order valence-electron chi connectivity index (χ0n) is 12.8. The van der Waals surface area contributed by atoms with Crippen LogP contribution in [-0.4, -0.2) is 19.7 Å². The molecule has 1 heterocycles. The molecule has 0 aliphatic heterocycles. The van der Waals surface area contributed by atoms with E-state index in [1.807, 2.05) is 0 Å². The molecule has 0 N–H and O–H groups in total. The number of esters is 1. The zero-order valence-corrected chi connectivity index (χ0v) is 14.4. The first-order valence-corrected chi connectivity index (χ1v) is 8.81. The Morgan fingerprint density at radius 3 is 2.68 bits per heavy atom. The monoisotopic (exact) mass is 393 g/mol. The SMILES string of the molecule is CCCC(=O)Oc1cnc(N(c2ccccc2C(F)(F)F)S(=O)[O-])s1. The van der Waals surface area contributed by atoms with Crippen molar-refractivity contribution in [3.63, 3.8) is 0 Å². The summed E-state index contributed by atoms with van der Waals surface area (Å²) in [5.74, 6) is -0.539. The number of halogens is 3. The third kappa shape index (κ3) is 4.77. The van der Waals surface area contributed by atoms with E-state index in [1.165, 1.54) is 6.07 Å². The number of anilines is 2. The van der Waals surface area contributed by atoms with Crippen molar-refractivity contribution in [1.29, 1.82) is 0 Å². The third-order valence-corrected chi connectivity index (χ3v) is 4.54. The van der Waals surface area contributed by atoms with E-state index in [2.05, 4.69) is 4.98 Å². The van der Waals surface area contributed by atoms with E-state index in [4.69, 9.17) is 4.74 Å². The molecule has 1 atom stereocenters. The molecular formula is C14H12F3N2O4S2-. The molecule has 0 fully saturated rings. The van der Waals surface area contributed by atoms with E-state index in [-0.39, 0.29) is 16.6 Å². The first kappa shape index (κ1) is 19.3. The number of hydrogen-bond donors (Lipinski definition) is 0. The van der Waals surface area contributed by atoms with E-state index < -0.39 is 34.7 Å². The van der Waals surface area contributed by atoms with Gasteiger partial charge in [-0.2, -0.15) is 13.2 Å². The summed E-state index contributed by atoms with van der Waals surface area (Å²) >= 11 is -2.41. The average molecular weight is 393 g/mol. The molecule has 0 aliphatic carbocycles. The highest BCUT2D eigenvalue weighted by Gasteiger charge is 2.35. The van der Waals surface area contributed by atoms with Gasteiger partial charge in [0, 0.05) is 6.42 Å². The van der Waals surface area contributed by atoms with Crippen molar-refractivity contribution in [3.05, 3.63) is 36.0 Å². The fraction of sp³-hybridized carbons (Fsp3) is 0.286. The molecule has 0 bridgehead atoms. The Hall–Kier alpha value is -1.98. The molecule has 11 heteroatoms. The third-order valence-electron chi connectivity index (χ3n) is 2.89. The van der Waals surface area contributed by atoms with Crippen LogP contribution < -0.4 is 9.04 Å². The maximum Gasteiger partial charge on any atom is 0.418 e. The number of para-hydroxylation sites is 1. The molecule has 6 nitrogen and oxygen atoms in total. The van der Waals surface area contributed by atoms with Crippen LogP contribution in [0.1, 0.15) is 25.3 Å². The molecule has 1 aromatic carbocycles. The maximum absolute atomic E-state index is 13.1. The van der Waals surface area contributed by atoms with Crippen molar-refractivity contribution >= 4 is 39.4 Å². The predicted octanol–water partition coefficient (Wildman–Crippen LogP) is 3.80. The number of benzene rings is 1. The van der Waals surface area contributed by atoms with Crippen molar-refractivity contribution in [2.45, 2.75) is 25.9 Å². The quantitative estimate of drug-likeness (QED) is 0.551. The molecule has 1 aromatic heterocycles. The summed E-state index contributed by atoms with van der Waals surface area (Å²) in [6, 6.07) is 4.21. The summed E-state index contributed by atoms with van der Waals surface area (Å²) in [6.45, 7) is 1.77. The lowest BCUT2D eigenvalue weighted by Gasteiger charge is -2.26. The number of carbonyl (C=O) groups excluding carboxylic acids is 1. The van der Waals surface area contributed by atoms with Crippen LogP contribution >= 0.6 is 11.3 Å². The van der Waals surface area contributed by atoms with Gasteiger partial charge < -0.3 is 9.29 Å². The largest absolute Gasteiger partial charge is 0.755 e. The van der Waals surface area contributed by atoms with Gasteiger partial charge in [-0.05, 0) is 18.6 Å². The Kier molecular flexibility index (Phi) is 6.14. The van der Waals surface area contributed by atoms with Gasteiger partial charge in [0.25, 0.3) is 0 Å². The molecule has 0 radical (unpaired) electrons. The molecule has 1 unspecified atom stereocenters. The second-order valence-corrected chi connectivity index (χ2v) is 6.48. The summed E-state index contributed by atoms with van der Waals surface area (Å²) < 4.78 is 67.8. The van der Waals surface area contributed by atoms with Gasteiger partial charge in [0.15, 0.2) is 0 Å². The van der Waals surface area contributed by atoms with Crippen molar-refractivity contribution in [2.24, 2.45) is 0 Å². The highest BCUT2D eigenvalue weighted by molar-refractivity contribution is 7.81. The maximum atomic E-state index is 13.1. The molecule has 2 aromatic rings.